The van der Waals surface area contributed by atoms with Gasteiger partial charge in [0.15, 0.2) is 0 Å². The summed E-state index contributed by atoms with van der Waals surface area (Å²) in [5, 5.41) is 12.9. The van der Waals surface area contributed by atoms with Crippen molar-refractivity contribution in [1.82, 2.24) is 10.2 Å². The number of β-amino-alcohol motifs (C(OH)–C–C–N with tert-alkyl or cyclic N) is 1. The predicted octanol–water partition coefficient (Wildman–Crippen LogP) is 1.68. The summed E-state index contributed by atoms with van der Waals surface area (Å²) in [6, 6.07) is 8.73. The lowest BCUT2D eigenvalue weighted by Gasteiger charge is -2.30. The van der Waals surface area contributed by atoms with Crippen LogP contribution in [0.2, 0.25) is 0 Å². The molecule has 0 unspecified atom stereocenters. The third kappa shape index (κ3) is 3.32. The lowest BCUT2D eigenvalue weighted by atomic mass is 9.82. The first-order chi connectivity index (χ1) is 11.1. The molecule has 124 valence electrons. The van der Waals surface area contributed by atoms with E-state index in [-0.39, 0.29) is 19.1 Å². The number of rotatable bonds is 5. The molecule has 2 aliphatic rings. The molecule has 0 bridgehead atoms. The first-order valence-electron chi connectivity index (χ1n) is 8.11. The molecule has 1 spiro atoms. The number of imide groups is 1. The van der Waals surface area contributed by atoms with Gasteiger partial charge in [-0.1, -0.05) is 37.5 Å². The maximum Gasteiger partial charge on any atom is 0.325 e. The molecule has 23 heavy (non-hydrogen) atoms. The number of para-hydroxylation sites is 1. The maximum absolute atomic E-state index is 12.6. The van der Waals surface area contributed by atoms with E-state index in [1.807, 2.05) is 18.2 Å². The van der Waals surface area contributed by atoms with Gasteiger partial charge in [-0.25, -0.2) is 4.79 Å². The maximum atomic E-state index is 12.6. The molecule has 1 saturated carbocycles. The highest BCUT2D eigenvalue weighted by Gasteiger charge is 2.51. The highest BCUT2D eigenvalue weighted by atomic mass is 16.5. The molecule has 2 fully saturated rings. The van der Waals surface area contributed by atoms with Crippen molar-refractivity contribution in [2.75, 3.05) is 13.2 Å². The summed E-state index contributed by atoms with van der Waals surface area (Å²) in [5.74, 6) is 0.438. The molecule has 6 heteroatoms. The number of hydrogen-bond donors (Lipinski definition) is 2. The molecular formula is C17H22N2O4. The third-order valence-electron chi connectivity index (χ3n) is 4.53. The zero-order chi connectivity index (χ0) is 16.3. The minimum atomic E-state index is -0.913. The fraction of sp³-hybridized carbons (Fsp3) is 0.529. The van der Waals surface area contributed by atoms with E-state index >= 15 is 0 Å². The number of nitrogens with zero attached hydrogens (tertiary/aromatic N) is 1. The number of hydrogen-bond acceptors (Lipinski definition) is 4. The number of ether oxygens (including phenoxy) is 1. The topological polar surface area (TPSA) is 78.9 Å². The van der Waals surface area contributed by atoms with Crippen molar-refractivity contribution in [3.63, 3.8) is 0 Å². The second-order valence-electron chi connectivity index (χ2n) is 6.27. The molecule has 1 aromatic rings. The van der Waals surface area contributed by atoms with Gasteiger partial charge < -0.3 is 15.2 Å². The van der Waals surface area contributed by atoms with Crippen LogP contribution in [0.5, 0.6) is 5.75 Å². The van der Waals surface area contributed by atoms with Crippen LogP contribution in [0.25, 0.3) is 0 Å². The highest BCUT2D eigenvalue weighted by Crippen LogP contribution is 2.33. The first-order valence-corrected chi connectivity index (χ1v) is 8.11. The van der Waals surface area contributed by atoms with Crippen LogP contribution in [0.3, 0.4) is 0 Å². The van der Waals surface area contributed by atoms with E-state index in [0.717, 1.165) is 24.2 Å². The highest BCUT2D eigenvalue weighted by molar-refractivity contribution is 6.07. The quantitative estimate of drug-likeness (QED) is 0.810. The van der Waals surface area contributed by atoms with Crippen molar-refractivity contribution < 1.29 is 19.4 Å². The Bertz CT molecular complexity index is 569. The van der Waals surface area contributed by atoms with Crippen molar-refractivity contribution in [1.29, 1.82) is 0 Å². The van der Waals surface area contributed by atoms with Gasteiger partial charge in [0.05, 0.1) is 6.54 Å². The van der Waals surface area contributed by atoms with Gasteiger partial charge in [-0.15, -0.1) is 0 Å². The Morgan fingerprint density at radius 2 is 1.87 bits per heavy atom. The van der Waals surface area contributed by atoms with E-state index in [2.05, 4.69) is 5.32 Å². The SMILES string of the molecule is O=C1NC2(CCCCC2)C(=O)N1C[C@H](O)COc1ccccc1. The number of nitrogens with one attached hydrogen (secondary N) is 1. The molecule has 2 N–H and O–H groups in total. The number of benzene rings is 1. The predicted molar refractivity (Wildman–Crippen MR) is 84.0 cm³/mol. The normalized spacial score (nSPS) is 21.3. The molecule has 1 aromatic carbocycles. The van der Waals surface area contributed by atoms with Gasteiger partial charge in [-0.3, -0.25) is 9.69 Å². The molecule has 1 aliphatic heterocycles. The molecule has 1 saturated heterocycles. The van der Waals surface area contributed by atoms with Crippen LogP contribution in [-0.4, -0.2) is 46.7 Å². The Morgan fingerprint density at radius 3 is 2.57 bits per heavy atom. The van der Waals surface area contributed by atoms with E-state index in [4.69, 9.17) is 4.74 Å². The summed E-state index contributed by atoms with van der Waals surface area (Å²) in [6.07, 6.45) is 3.44. The van der Waals surface area contributed by atoms with E-state index in [9.17, 15) is 14.7 Å². The van der Waals surface area contributed by atoms with Gasteiger partial charge >= 0.3 is 6.03 Å². The van der Waals surface area contributed by atoms with Gasteiger partial charge in [0.1, 0.15) is 24.0 Å². The van der Waals surface area contributed by atoms with Crippen LogP contribution in [0.1, 0.15) is 32.1 Å². The van der Waals surface area contributed by atoms with Crippen molar-refractivity contribution in [3.8, 4) is 5.75 Å². The number of urea groups is 1. The van der Waals surface area contributed by atoms with Gasteiger partial charge in [0.2, 0.25) is 0 Å². The number of aliphatic hydroxyl groups excluding tert-OH is 1. The van der Waals surface area contributed by atoms with Gasteiger partial charge in [-0.2, -0.15) is 0 Å². The Balaban J connectivity index is 1.56. The van der Waals surface area contributed by atoms with E-state index in [1.165, 1.54) is 0 Å². The van der Waals surface area contributed by atoms with Gasteiger partial charge in [-0.05, 0) is 25.0 Å². The second kappa shape index (κ2) is 6.58. The number of amides is 3. The first kappa shape index (κ1) is 15.8. The van der Waals surface area contributed by atoms with E-state index in [0.29, 0.717) is 18.6 Å². The lowest BCUT2D eigenvalue weighted by Crippen LogP contribution is -2.48. The minimum absolute atomic E-state index is 0.0358. The molecule has 1 heterocycles. The zero-order valence-electron chi connectivity index (χ0n) is 13.0. The molecule has 1 atom stereocenters. The minimum Gasteiger partial charge on any atom is -0.491 e. The molecular weight excluding hydrogens is 296 g/mol. The van der Waals surface area contributed by atoms with Crippen molar-refractivity contribution in [3.05, 3.63) is 30.3 Å². The second-order valence-corrected chi connectivity index (χ2v) is 6.27. The molecule has 0 aromatic heterocycles. The Morgan fingerprint density at radius 1 is 1.17 bits per heavy atom. The molecule has 3 rings (SSSR count). The number of aliphatic hydroxyl groups is 1. The van der Waals surface area contributed by atoms with Crippen molar-refractivity contribution >= 4 is 11.9 Å². The van der Waals surface area contributed by atoms with Crippen LogP contribution >= 0.6 is 0 Å². The standard InChI is InChI=1S/C17H22N2O4/c20-13(12-23-14-7-3-1-4-8-14)11-19-15(21)17(18-16(19)22)9-5-2-6-10-17/h1,3-4,7-8,13,20H,2,5-6,9-12H2,(H,18,22)/t13-/m0/s1. The Kier molecular flexibility index (Phi) is 4.52. The Labute approximate surface area is 135 Å². The summed E-state index contributed by atoms with van der Waals surface area (Å²) >= 11 is 0. The summed E-state index contributed by atoms with van der Waals surface area (Å²) in [4.78, 5) is 25.8. The molecule has 6 nitrogen and oxygen atoms in total. The van der Waals surface area contributed by atoms with Crippen molar-refractivity contribution in [2.45, 2.75) is 43.7 Å². The van der Waals surface area contributed by atoms with E-state index in [1.54, 1.807) is 12.1 Å². The molecule has 0 radical (unpaired) electrons. The van der Waals surface area contributed by atoms with Crippen molar-refractivity contribution in [2.24, 2.45) is 0 Å². The summed E-state index contributed by atoms with van der Waals surface area (Å²) < 4.78 is 5.47. The van der Waals surface area contributed by atoms with Crippen LogP contribution in [0.4, 0.5) is 4.79 Å². The Hall–Kier alpha value is -2.08. The van der Waals surface area contributed by atoms with Crippen LogP contribution in [0.15, 0.2) is 30.3 Å². The van der Waals surface area contributed by atoms with Crippen LogP contribution in [0, 0.1) is 0 Å². The zero-order valence-corrected chi connectivity index (χ0v) is 13.0. The van der Waals surface area contributed by atoms with Gasteiger partial charge in [0.25, 0.3) is 5.91 Å². The smallest absolute Gasteiger partial charge is 0.325 e. The third-order valence-corrected chi connectivity index (χ3v) is 4.53. The molecule has 3 amide bonds. The molecule has 1 aliphatic carbocycles. The fourth-order valence-electron chi connectivity index (χ4n) is 3.31. The van der Waals surface area contributed by atoms with Crippen LogP contribution in [-0.2, 0) is 4.79 Å². The number of carbonyl (C=O) groups excluding carboxylic acids is 2. The summed E-state index contributed by atoms with van der Waals surface area (Å²) in [7, 11) is 0. The fourth-order valence-corrected chi connectivity index (χ4v) is 3.31. The van der Waals surface area contributed by atoms with Crippen LogP contribution < -0.4 is 10.1 Å². The lowest BCUT2D eigenvalue weighted by molar-refractivity contribution is -0.133. The largest absolute Gasteiger partial charge is 0.491 e. The summed E-state index contributed by atoms with van der Waals surface area (Å²) in [6.45, 7) is -0.00662. The van der Waals surface area contributed by atoms with E-state index < -0.39 is 17.7 Å². The average molecular weight is 318 g/mol. The summed E-state index contributed by atoms with van der Waals surface area (Å²) in [5.41, 5.74) is -0.741. The monoisotopic (exact) mass is 318 g/mol. The average Bonchev–Trinajstić information content (AvgIpc) is 2.79. The number of carbonyl (C=O) groups is 2. The van der Waals surface area contributed by atoms with Gasteiger partial charge in [0, 0.05) is 0 Å².